The minimum absolute atomic E-state index is 0.850. The van der Waals surface area contributed by atoms with Gasteiger partial charge < -0.3 is 4.90 Å². The van der Waals surface area contributed by atoms with E-state index in [2.05, 4.69) is 27.2 Å². The molecule has 3 rings (SSSR count). The Hall–Kier alpha value is -1.81. The Morgan fingerprint density at radius 2 is 1.84 bits per heavy atom. The first-order valence-electron chi connectivity index (χ1n) is 6.23. The predicted octanol–water partition coefficient (Wildman–Crippen LogP) is 2.86. The van der Waals surface area contributed by atoms with Crippen molar-refractivity contribution in [2.75, 3.05) is 19.0 Å². The molecule has 0 bridgehead atoms. The first-order chi connectivity index (χ1) is 9.13. The number of aryl methyl sites for hydroxylation is 1. The molecule has 19 heavy (non-hydrogen) atoms. The SMILES string of the molecule is CN(C)c1ccc(-n2nc3c(n2)CCC(Cl)=C3)cc1. The van der Waals surface area contributed by atoms with E-state index < -0.39 is 0 Å². The topological polar surface area (TPSA) is 34.0 Å². The summed E-state index contributed by atoms with van der Waals surface area (Å²) in [5.74, 6) is 0. The van der Waals surface area contributed by atoms with Crippen LogP contribution in [0.5, 0.6) is 0 Å². The van der Waals surface area contributed by atoms with Crippen molar-refractivity contribution in [1.29, 1.82) is 0 Å². The first kappa shape index (κ1) is 12.2. The van der Waals surface area contributed by atoms with Crippen LogP contribution in [0.1, 0.15) is 17.8 Å². The highest BCUT2D eigenvalue weighted by Gasteiger charge is 2.15. The van der Waals surface area contributed by atoms with Gasteiger partial charge in [-0.3, -0.25) is 0 Å². The van der Waals surface area contributed by atoms with E-state index in [1.807, 2.05) is 32.3 Å². The van der Waals surface area contributed by atoms with Crippen molar-refractivity contribution >= 4 is 23.4 Å². The Kier molecular flexibility index (Phi) is 3.03. The monoisotopic (exact) mass is 274 g/mol. The van der Waals surface area contributed by atoms with Crippen molar-refractivity contribution in [3.05, 3.63) is 40.7 Å². The smallest absolute Gasteiger partial charge is 0.110 e. The second-order valence-electron chi connectivity index (χ2n) is 4.82. The molecule has 98 valence electrons. The Labute approximate surface area is 117 Å². The van der Waals surface area contributed by atoms with E-state index in [1.165, 1.54) is 0 Å². The summed E-state index contributed by atoms with van der Waals surface area (Å²) in [7, 11) is 4.04. The molecule has 0 radical (unpaired) electrons. The zero-order chi connectivity index (χ0) is 13.4. The molecule has 0 saturated heterocycles. The van der Waals surface area contributed by atoms with Gasteiger partial charge in [-0.1, -0.05) is 11.6 Å². The molecule has 0 atom stereocenters. The third-order valence-corrected chi connectivity index (χ3v) is 3.50. The summed E-state index contributed by atoms with van der Waals surface area (Å²) < 4.78 is 0. The van der Waals surface area contributed by atoms with Gasteiger partial charge in [0.1, 0.15) is 5.69 Å². The molecule has 0 unspecified atom stereocenters. The molecule has 1 aliphatic carbocycles. The first-order valence-corrected chi connectivity index (χ1v) is 6.61. The van der Waals surface area contributed by atoms with Gasteiger partial charge in [-0.15, -0.1) is 5.10 Å². The zero-order valence-corrected chi connectivity index (χ0v) is 11.7. The Morgan fingerprint density at radius 3 is 2.53 bits per heavy atom. The maximum absolute atomic E-state index is 6.03. The minimum atomic E-state index is 0.850. The fourth-order valence-corrected chi connectivity index (χ4v) is 2.29. The number of allylic oxidation sites excluding steroid dienone is 1. The van der Waals surface area contributed by atoms with E-state index in [-0.39, 0.29) is 0 Å². The van der Waals surface area contributed by atoms with E-state index in [1.54, 1.807) is 4.80 Å². The van der Waals surface area contributed by atoms with Crippen LogP contribution >= 0.6 is 11.6 Å². The quantitative estimate of drug-likeness (QED) is 0.844. The number of rotatable bonds is 2. The van der Waals surface area contributed by atoms with Crippen LogP contribution in [0, 0.1) is 0 Å². The number of halogens is 1. The third-order valence-electron chi connectivity index (χ3n) is 3.20. The number of benzene rings is 1. The van der Waals surface area contributed by atoms with E-state index in [0.29, 0.717) is 0 Å². The highest BCUT2D eigenvalue weighted by Crippen LogP contribution is 2.24. The van der Waals surface area contributed by atoms with Crippen LogP contribution in [0.3, 0.4) is 0 Å². The van der Waals surface area contributed by atoms with Crippen molar-refractivity contribution in [2.24, 2.45) is 0 Å². The molecule has 0 amide bonds. The second kappa shape index (κ2) is 4.70. The number of fused-ring (bicyclic) bond motifs is 1. The van der Waals surface area contributed by atoms with Crippen LogP contribution in [0.4, 0.5) is 5.69 Å². The summed E-state index contributed by atoms with van der Waals surface area (Å²) in [6.45, 7) is 0. The largest absolute Gasteiger partial charge is 0.378 e. The lowest BCUT2D eigenvalue weighted by atomic mass is 10.1. The van der Waals surface area contributed by atoms with Gasteiger partial charge in [0.25, 0.3) is 0 Å². The van der Waals surface area contributed by atoms with Gasteiger partial charge in [0, 0.05) is 24.8 Å². The Bertz CT molecular complexity index is 625. The maximum atomic E-state index is 6.03. The van der Waals surface area contributed by atoms with Crippen LogP contribution in [-0.2, 0) is 6.42 Å². The van der Waals surface area contributed by atoms with Gasteiger partial charge in [-0.25, -0.2) is 0 Å². The summed E-state index contributed by atoms with van der Waals surface area (Å²) >= 11 is 6.03. The molecule has 1 aliphatic rings. The summed E-state index contributed by atoms with van der Waals surface area (Å²) in [5.41, 5.74) is 4.02. The van der Waals surface area contributed by atoms with Gasteiger partial charge in [0.15, 0.2) is 0 Å². The van der Waals surface area contributed by atoms with Crippen LogP contribution in [0.2, 0.25) is 0 Å². The standard InChI is InChI=1S/C14H15ClN4/c1-18(2)11-4-6-12(7-5-11)19-16-13-8-3-10(15)9-14(13)17-19/h4-7,9H,3,8H2,1-2H3. The zero-order valence-electron chi connectivity index (χ0n) is 11.0. The van der Waals surface area contributed by atoms with Crippen LogP contribution in [0.15, 0.2) is 29.3 Å². The molecule has 4 nitrogen and oxygen atoms in total. The van der Waals surface area contributed by atoms with Gasteiger partial charge in [-0.05, 0) is 43.2 Å². The van der Waals surface area contributed by atoms with E-state index in [0.717, 1.165) is 40.6 Å². The number of aromatic nitrogens is 3. The van der Waals surface area contributed by atoms with Crippen LogP contribution in [-0.4, -0.2) is 29.1 Å². The van der Waals surface area contributed by atoms with E-state index >= 15 is 0 Å². The molecule has 0 fully saturated rings. The number of anilines is 1. The van der Waals surface area contributed by atoms with Crippen LogP contribution < -0.4 is 4.90 Å². The predicted molar refractivity (Wildman–Crippen MR) is 77.8 cm³/mol. The van der Waals surface area contributed by atoms with E-state index in [9.17, 15) is 0 Å². The highest BCUT2D eigenvalue weighted by atomic mass is 35.5. The lowest BCUT2D eigenvalue weighted by Crippen LogP contribution is -2.08. The fourth-order valence-electron chi connectivity index (χ4n) is 2.10. The Morgan fingerprint density at radius 1 is 1.11 bits per heavy atom. The summed E-state index contributed by atoms with van der Waals surface area (Å²) in [6, 6.07) is 8.15. The van der Waals surface area contributed by atoms with Crippen molar-refractivity contribution in [3.63, 3.8) is 0 Å². The number of nitrogens with zero attached hydrogens (tertiary/aromatic N) is 4. The molecule has 1 heterocycles. The lowest BCUT2D eigenvalue weighted by Gasteiger charge is -2.12. The number of hydrogen-bond donors (Lipinski definition) is 0. The molecule has 5 heteroatoms. The van der Waals surface area contributed by atoms with Crippen molar-refractivity contribution in [3.8, 4) is 5.69 Å². The fraction of sp³-hybridized carbons (Fsp3) is 0.286. The van der Waals surface area contributed by atoms with Crippen LogP contribution in [0.25, 0.3) is 11.8 Å². The van der Waals surface area contributed by atoms with Gasteiger partial charge >= 0.3 is 0 Å². The van der Waals surface area contributed by atoms with Gasteiger partial charge in [-0.2, -0.15) is 9.90 Å². The molecule has 1 aromatic carbocycles. The highest BCUT2D eigenvalue weighted by molar-refractivity contribution is 6.31. The molecular weight excluding hydrogens is 260 g/mol. The average molecular weight is 275 g/mol. The molecular formula is C14H15ClN4. The Balaban J connectivity index is 1.95. The summed E-state index contributed by atoms with van der Waals surface area (Å²) in [6.07, 6.45) is 3.62. The van der Waals surface area contributed by atoms with Gasteiger partial charge in [0.05, 0.1) is 11.4 Å². The third kappa shape index (κ3) is 2.36. The molecule has 0 N–H and O–H groups in total. The van der Waals surface area contributed by atoms with Gasteiger partial charge in [0.2, 0.25) is 0 Å². The van der Waals surface area contributed by atoms with Crippen molar-refractivity contribution < 1.29 is 0 Å². The van der Waals surface area contributed by atoms with Crippen molar-refractivity contribution in [2.45, 2.75) is 12.8 Å². The molecule has 1 aromatic heterocycles. The average Bonchev–Trinajstić information content (AvgIpc) is 2.81. The maximum Gasteiger partial charge on any atom is 0.110 e. The molecule has 2 aromatic rings. The molecule has 0 saturated carbocycles. The minimum Gasteiger partial charge on any atom is -0.378 e. The number of hydrogen-bond acceptors (Lipinski definition) is 3. The lowest BCUT2D eigenvalue weighted by molar-refractivity contribution is 0.736. The van der Waals surface area contributed by atoms with E-state index in [4.69, 9.17) is 11.6 Å². The molecule has 0 aliphatic heterocycles. The normalized spacial score (nSPS) is 13.9. The van der Waals surface area contributed by atoms with Crippen molar-refractivity contribution in [1.82, 2.24) is 15.0 Å². The molecule has 0 spiro atoms. The summed E-state index contributed by atoms with van der Waals surface area (Å²) in [4.78, 5) is 3.74. The second-order valence-corrected chi connectivity index (χ2v) is 5.31. The summed E-state index contributed by atoms with van der Waals surface area (Å²) in [5, 5.41) is 9.85.